The average molecular weight is 315 g/mol. The molecule has 0 aliphatic heterocycles. The fraction of sp³-hybridized carbons (Fsp3) is 0.263. The first-order valence-corrected chi connectivity index (χ1v) is 7.59. The fourth-order valence-electron chi connectivity index (χ4n) is 1.79. The van der Waals surface area contributed by atoms with Crippen LogP contribution >= 0.6 is 0 Å². The normalized spacial score (nSPS) is 13.5. The van der Waals surface area contributed by atoms with Crippen LogP contribution in [0.4, 0.5) is 4.48 Å². The predicted octanol–water partition coefficient (Wildman–Crippen LogP) is 4.41. The lowest BCUT2D eigenvalue weighted by molar-refractivity contribution is 0.0862. The van der Waals surface area contributed by atoms with Gasteiger partial charge in [-0.25, -0.2) is 5.12 Å². The molecule has 0 radical (unpaired) electrons. The summed E-state index contributed by atoms with van der Waals surface area (Å²) in [6.07, 6.45) is 8.50. The number of hydrogen-bond donors (Lipinski definition) is 2. The number of halogens is 1. The molecule has 0 saturated carbocycles. The standard InChI is InChI=1S/C19H26FN3/c1-15-7-9-19(10-8-15)17(3)13-22-14-18(4)23(20)11-5-6-16(2)12-21/h5-10,12-14,22H,11,21H2,1-4H3/b6-5-,16-12-,17-13+,18-14+. The molecule has 0 saturated heterocycles. The van der Waals surface area contributed by atoms with E-state index in [-0.39, 0.29) is 6.54 Å². The van der Waals surface area contributed by atoms with Crippen molar-refractivity contribution in [3.8, 4) is 0 Å². The molecule has 0 spiro atoms. The summed E-state index contributed by atoms with van der Waals surface area (Å²) >= 11 is 0. The van der Waals surface area contributed by atoms with E-state index in [1.165, 1.54) is 11.8 Å². The molecule has 124 valence electrons. The van der Waals surface area contributed by atoms with Gasteiger partial charge in [0, 0.05) is 12.4 Å². The van der Waals surface area contributed by atoms with E-state index in [9.17, 15) is 4.48 Å². The van der Waals surface area contributed by atoms with Crippen LogP contribution in [-0.2, 0) is 0 Å². The van der Waals surface area contributed by atoms with E-state index >= 15 is 0 Å². The molecule has 0 aliphatic carbocycles. The monoisotopic (exact) mass is 315 g/mol. The highest BCUT2D eigenvalue weighted by molar-refractivity contribution is 5.63. The lowest BCUT2D eigenvalue weighted by atomic mass is 10.1. The lowest BCUT2D eigenvalue weighted by Gasteiger charge is -2.12. The van der Waals surface area contributed by atoms with Crippen LogP contribution in [0.15, 0.2) is 66.3 Å². The van der Waals surface area contributed by atoms with Crippen LogP contribution in [0.3, 0.4) is 0 Å². The molecule has 0 heterocycles. The summed E-state index contributed by atoms with van der Waals surface area (Å²) in [7, 11) is 0. The Labute approximate surface area is 138 Å². The SMILES string of the molecule is CC(/C=C\CN(F)/C(C)=C/N/C=C(\C)c1ccc(C)cc1)=C/N. The van der Waals surface area contributed by atoms with E-state index in [1.807, 2.05) is 20.0 Å². The zero-order chi connectivity index (χ0) is 17.2. The molecular weight excluding hydrogens is 289 g/mol. The zero-order valence-corrected chi connectivity index (χ0v) is 14.3. The summed E-state index contributed by atoms with van der Waals surface area (Å²) in [5.41, 5.74) is 10.2. The summed E-state index contributed by atoms with van der Waals surface area (Å²) in [4.78, 5) is 0. The molecule has 1 rings (SSSR count). The Kier molecular flexibility index (Phi) is 7.67. The van der Waals surface area contributed by atoms with Crippen molar-refractivity contribution in [2.24, 2.45) is 5.73 Å². The molecule has 0 atom stereocenters. The number of nitrogens with zero attached hydrogens (tertiary/aromatic N) is 1. The molecule has 0 aliphatic rings. The van der Waals surface area contributed by atoms with Gasteiger partial charge in [0.25, 0.3) is 0 Å². The van der Waals surface area contributed by atoms with Gasteiger partial charge in [0.1, 0.15) is 0 Å². The van der Waals surface area contributed by atoms with Gasteiger partial charge < -0.3 is 11.1 Å². The van der Waals surface area contributed by atoms with Crippen LogP contribution in [0, 0.1) is 6.92 Å². The molecule has 4 heteroatoms. The highest BCUT2D eigenvalue weighted by Gasteiger charge is 2.00. The number of hydrogen-bond acceptors (Lipinski definition) is 3. The molecular formula is C19H26FN3. The predicted molar refractivity (Wildman–Crippen MR) is 96.6 cm³/mol. The highest BCUT2D eigenvalue weighted by atomic mass is 19.2. The summed E-state index contributed by atoms with van der Waals surface area (Å²) in [6, 6.07) is 8.28. The van der Waals surface area contributed by atoms with Crippen LogP contribution in [0.1, 0.15) is 31.9 Å². The quantitative estimate of drug-likeness (QED) is 0.578. The Morgan fingerprint density at radius 3 is 2.43 bits per heavy atom. The van der Waals surface area contributed by atoms with Crippen LogP contribution in [0.5, 0.6) is 0 Å². The molecule has 0 amide bonds. The van der Waals surface area contributed by atoms with Crippen LogP contribution < -0.4 is 11.1 Å². The molecule has 1 aromatic carbocycles. The van der Waals surface area contributed by atoms with Crippen LogP contribution in [0.25, 0.3) is 5.57 Å². The topological polar surface area (TPSA) is 41.3 Å². The third kappa shape index (κ3) is 6.87. The van der Waals surface area contributed by atoms with Crippen molar-refractivity contribution in [3.05, 3.63) is 77.4 Å². The second-order valence-corrected chi connectivity index (χ2v) is 5.50. The number of nitrogens with one attached hydrogen (secondary N) is 1. The first kappa shape index (κ1) is 18.6. The highest BCUT2D eigenvalue weighted by Crippen LogP contribution is 2.13. The van der Waals surface area contributed by atoms with Crippen molar-refractivity contribution in [2.75, 3.05) is 6.54 Å². The van der Waals surface area contributed by atoms with Crippen LogP contribution in [0.2, 0.25) is 0 Å². The van der Waals surface area contributed by atoms with Gasteiger partial charge in [-0.1, -0.05) is 46.5 Å². The number of benzene rings is 1. The van der Waals surface area contributed by atoms with Crippen molar-refractivity contribution >= 4 is 5.57 Å². The molecule has 23 heavy (non-hydrogen) atoms. The summed E-state index contributed by atoms with van der Waals surface area (Å²) in [6.45, 7) is 7.82. The van der Waals surface area contributed by atoms with E-state index in [2.05, 4.69) is 36.5 Å². The van der Waals surface area contributed by atoms with Crippen LogP contribution in [-0.4, -0.2) is 11.7 Å². The van der Waals surface area contributed by atoms with Crippen molar-refractivity contribution in [3.63, 3.8) is 0 Å². The molecule has 0 unspecified atom stereocenters. The second-order valence-electron chi connectivity index (χ2n) is 5.50. The minimum atomic E-state index is 0.176. The van der Waals surface area contributed by atoms with Crippen molar-refractivity contribution < 1.29 is 4.48 Å². The Hall–Kier alpha value is -2.49. The molecule has 0 aromatic heterocycles. The Bertz CT molecular complexity index is 610. The van der Waals surface area contributed by atoms with E-state index in [1.54, 1.807) is 25.3 Å². The maximum atomic E-state index is 13.8. The van der Waals surface area contributed by atoms with Gasteiger partial charge in [0.15, 0.2) is 0 Å². The van der Waals surface area contributed by atoms with Gasteiger partial charge in [-0.05, 0) is 50.6 Å². The first-order valence-electron chi connectivity index (χ1n) is 7.59. The molecule has 0 fully saturated rings. The molecule has 3 nitrogen and oxygen atoms in total. The number of allylic oxidation sites excluding steroid dienone is 4. The van der Waals surface area contributed by atoms with Crippen molar-refractivity contribution in [1.29, 1.82) is 0 Å². The van der Waals surface area contributed by atoms with Gasteiger partial charge in [-0.15, -0.1) is 0 Å². The van der Waals surface area contributed by atoms with Gasteiger partial charge in [0.05, 0.1) is 12.2 Å². The van der Waals surface area contributed by atoms with Crippen molar-refractivity contribution in [2.45, 2.75) is 27.7 Å². The summed E-state index contributed by atoms with van der Waals surface area (Å²) in [5.74, 6) is 0. The zero-order valence-electron chi connectivity index (χ0n) is 14.3. The average Bonchev–Trinajstić information content (AvgIpc) is 2.54. The Balaban J connectivity index is 2.56. The largest absolute Gasteiger partial charge is 0.404 e. The van der Waals surface area contributed by atoms with Gasteiger partial charge in [-0.3, -0.25) is 0 Å². The second kappa shape index (κ2) is 9.51. The third-order valence-electron chi connectivity index (χ3n) is 3.39. The third-order valence-corrected chi connectivity index (χ3v) is 3.39. The maximum absolute atomic E-state index is 13.8. The van der Waals surface area contributed by atoms with Gasteiger partial charge in [0.2, 0.25) is 0 Å². The van der Waals surface area contributed by atoms with E-state index in [0.29, 0.717) is 10.8 Å². The van der Waals surface area contributed by atoms with Crippen molar-refractivity contribution in [1.82, 2.24) is 10.4 Å². The van der Waals surface area contributed by atoms with Gasteiger partial charge >= 0.3 is 0 Å². The molecule has 0 bridgehead atoms. The lowest BCUT2D eigenvalue weighted by Crippen LogP contribution is -2.13. The number of nitrogens with two attached hydrogens (primary N) is 1. The smallest absolute Gasteiger partial charge is 0.0686 e. The maximum Gasteiger partial charge on any atom is 0.0686 e. The van der Waals surface area contributed by atoms with E-state index in [4.69, 9.17) is 5.73 Å². The summed E-state index contributed by atoms with van der Waals surface area (Å²) in [5, 5.41) is 3.70. The Morgan fingerprint density at radius 2 is 1.83 bits per heavy atom. The van der Waals surface area contributed by atoms with E-state index < -0.39 is 0 Å². The van der Waals surface area contributed by atoms with Gasteiger partial charge in [-0.2, -0.15) is 0 Å². The minimum absolute atomic E-state index is 0.176. The number of aryl methyl sites for hydroxylation is 1. The fourth-order valence-corrected chi connectivity index (χ4v) is 1.79. The summed E-state index contributed by atoms with van der Waals surface area (Å²) < 4.78 is 13.8. The van der Waals surface area contributed by atoms with E-state index in [0.717, 1.165) is 16.7 Å². The first-order chi connectivity index (χ1) is 10.9. The minimum Gasteiger partial charge on any atom is -0.404 e. The number of rotatable bonds is 7. The Morgan fingerprint density at radius 1 is 1.17 bits per heavy atom. The molecule has 1 aromatic rings. The molecule has 3 N–H and O–H groups in total.